The molecule has 1 aliphatic rings. The number of imidazole rings is 1. The van der Waals surface area contributed by atoms with E-state index in [1.165, 1.54) is 21.9 Å². The monoisotopic (exact) mass is 486 g/mol. The smallest absolute Gasteiger partial charge is 0.153 e. The van der Waals surface area contributed by atoms with Crippen molar-refractivity contribution in [2.45, 2.75) is 0 Å². The first-order valence-corrected chi connectivity index (χ1v) is 12.8. The van der Waals surface area contributed by atoms with Gasteiger partial charge in [-0.1, -0.05) is 103 Å². The van der Waals surface area contributed by atoms with Crippen LogP contribution in [0.2, 0.25) is 0 Å². The molecule has 0 saturated heterocycles. The molecule has 8 rings (SSSR count). The van der Waals surface area contributed by atoms with Gasteiger partial charge in [0.05, 0.1) is 11.2 Å². The maximum atomic E-state index is 6.43. The van der Waals surface area contributed by atoms with Crippen LogP contribution in [-0.4, -0.2) is 9.55 Å². The summed E-state index contributed by atoms with van der Waals surface area (Å²) in [4.78, 5) is 4.97. The van der Waals surface area contributed by atoms with Crippen LogP contribution in [0.25, 0.3) is 61.1 Å². The van der Waals surface area contributed by atoms with Crippen molar-refractivity contribution < 1.29 is 4.74 Å². The van der Waals surface area contributed by atoms with Crippen LogP contribution >= 0.6 is 0 Å². The fourth-order valence-electron chi connectivity index (χ4n) is 5.50. The van der Waals surface area contributed by atoms with Crippen LogP contribution in [0.1, 0.15) is 0 Å². The Hall–Kier alpha value is -5.15. The Morgan fingerprint density at radius 2 is 1.16 bits per heavy atom. The van der Waals surface area contributed by atoms with Gasteiger partial charge >= 0.3 is 0 Å². The number of hydrogen-bond donors (Lipinski definition) is 0. The molecule has 0 aliphatic carbocycles. The molecule has 0 unspecified atom stereocenters. The molecule has 1 aliphatic heterocycles. The van der Waals surface area contributed by atoms with Crippen molar-refractivity contribution in [3.8, 4) is 50.8 Å². The lowest BCUT2D eigenvalue weighted by molar-refractivity contribution is 0.476. The molecule has 178 valence electrons. The number of hydrogen-bond acceptors (Lipinski definition) is 2. The van der Waals surface area contributed by atoms with E-state index in [0.29, 0.717) is 0 Å². The lowest BCUT2D eigenvalue weighted by atomic mass is 9.98. The molecule has 3 heteroatoms. The highest BCUT2D eigenvalue weighted by atomic mass is 16.5. The number of para-hydroxylation sites is 1. The maximum absolute atomic E-state index is 6.43. The summed E-state index contributed by atoms with van der Waals surface area (Å²) in [6.45, 7) is 0. The molecule has 0 bridgehead atoms. The van der Waals surface area contributed by atoms with Crippen molar-refractivity contribution in [1.82, 2.24) is 9.55 Å². The van der Waals surface area contributed by atoms with Gasteiger partial charge in [0.1, 0.15) is 11.3 Å². The summed E-state index contributed by atoms with van der Waals surface area (Å²) >= 11 is 0. The van der Waals surface area contributed by atoms with Gasteiger partial charge in [0.2, 0.25) is 0 Å². The molecule has 38 heavy (non-hydrogen) atoms. The topological polar surface area (TPSA) is 27.1 Å². The van der Waals surface area contributed by atoms with Crippen LogP contribution in [0.5, 0.6) is 11.5 Å². The summed E-state index contributed by atoms with van der Waals surface area (Å²) in [5, 5.41) is 2.51. The first-order valence-electron chi connectivity index (χ1n) is 12.8. The molecule has 0 radical (unpaired) electrons. The summed E-state index contributed by atoms with van der Waals surface area (Å²) in [6.07, 6.45) is 0. The van der Waals surface area contributed by atoms with E-state index in [2.05, 4.69) is 102 Å². The fraction of sp³-hybridized carbons (Fsp3) is 0. The van der Waals surface area contributed by atoms with Crippen LogP contribution in [0.3, 0.4) is 0 Å². The van der Waals surface area contributed by atoms with E-state index in [4.69, 9.17) is 9.72 Å². The molecule has 0 spiro atoms. The predicted octanol–water partition coefficient (Wildman–Crippen LogP) is 9.29. The lowest BCUT2D eigenvalue weighted by Gasteiger charge is -2.22. The van der Waals surface area contributed by atoms with Gasteiger partial charge in [-0.25, -0.2) is 4.98 Å². The fourth-order valence-corrected chi connectivity index (χ4v) is 5.50. The highest BCUT2D eigenvalue weighted by Gasteiger charge is 2.25. The van der Waals surface area contributed by atoms with E-state index in [1.54, 1.807) is 0 Å². The number of rotatable bonds is 3. The molecule has 6 aromatic carbocycles. The van der Waals surface area contributed by atoms with Gasteiger partial charge < -0.3 is 4.74 Å². The molecular formula is C35H22N2O. The van der Waals surface area contributed by atoms with Crippen molar-refractivity contribution >= 4 is 21.8 Å². The Kier molecular flexibility index (Phi) is 4.52. The van der Waals surface area contributed by atoms with E-state index in [1.807, 2.05) is 36.4 Å². The van der Waals surface area contributed by atoms with Crippen LogP contribution < -0.4 is 4.74 Å². The summed E-state index contributed by atoms with van der Waals surface area (Å²) in [5.41, 5.74) is 8.71. The number of fused-ring (bicyclic) bond motifs is 3. The maximum Gasteiger partial charge on any atom is 0.153 e. The molecule has 7 aromatic rings. The van der Waals surface area contributed by atoms with Crippen molar-refractivity contribution in [3.05, 3.63) is 133 Å². The van der Waals surface area contributed by atoms with Gasteiger partial charge in [-0.2, -0.15) is 0 Å². The third-order valence-electron chi connectivity index (χ3n) is 7.39. The van der Waals surface area contributed by atoms with Gasteiger partial charge in [-0.3, -0.25) is 4.57 Å². The van der Waals surface area contributed by atoms with Crippen molar-refractivity contribution in [3.63, 3.8) is 0 Å². The molecule has 1 aromatic heterocycles. The average Bonchev–Trinajstić information content (AvgIpc) is 3.38. The van der Waals surface area contributed by atoms with E-state index in [0.717, 1.165) is 50.7 Å². The second kappa shape index (κ2) is 8.19. The van der Waals surface area contributed by atoms with Gasteiger partial charge in [0, 0.05) is 5.56 Å². The first kappa shape index (κ1) is 21.0. The second-order valence-corrected chi connectivity index (χ2v) is 9.68. The van der Waals surface area contributed by atoms with Crippen LogP contribution in [-0.2, 0) is 0 Å². The molecular weight excluding hydrogens is 464 g/mol. The molecule has 0 saturated carbocycles. The Balaban J connectivity index is 1.20. The molecule has 2 heterocycles. The van der Waals surface area contributed by atoms with Gasteiger partial charge in [-0.15, -0.1) is 0 Å². The third kappa shape index (κ3) is 3.26. The SMILES string of the molecule is c1ccc(-c2nc3cccc4c3n2-c2ccc(-c3ccc(-c5ccc6ccccc6c5)cc3)cc2O4)cc1. The Bertz CT molecular complexity index is 1990. The number of benzene rings is 6. The first-order chi connectivity index (χ1) is 18.8. The Morgan fingerprint density at radius 3 is 1.97 bits per heavy atom. The minimum Gasteiger partial charge on any atom is -0.453 e. The Labute approximate surface area is 220 Å². The van der Waals surface area contributed by atoms with Gasteiger partial charge in [0.15, 0.2) is 11.5 Å². The Morgan fingerprint density at radius 1 is 0.474 bits per heavy atom. The summed E-state index contributed by atoms with van der Waals surface area (Å²) in [5.74, 6) is 2.58. The lowest BCUT2D eigenvalue weighted by Crippen LogP contribution is -2.05. The van der Waals surface area contributed by atoms with E-state index in [-0.39, 0.29) is 0 Å². The number of nitrogens with zero attached hydrogens (tertiary/aromatic N) is 2. The van der Waals surface area contributed by atoms with E-state index >= 15 is 0 Å². The van der Waals surface area contributed by atoms with Gasteiger partial charge in [-0.05, 0) is 63.4 Å². The quantitative estimate of drug-likeness (QED) is 0.249. The van der Waals surface area contributed by atoms with Crippen LogP contribution in [0.15, 0.2) is 133 Å². The van der Waals surface area contributed by atoms with Crippen molar-refractivity contribution in [2.24, 2.45) is 0 Å². The molecule has 0 amide bonds. The number of ether oxygens (including phenoxy) is 1. The summed E-state index contributed by atoms with van der Waals surface area (Å²) in [6, 6.07) is 46.7. The highest BCUT2D eigenvalue weighted by Crippen LogP contribution is 2.44. The zero-order valence-electron chi connectivity index (χ0n) is 20.5. The standard InChI is InChI=1S/C35H22N2O/c1-2-8-26(9-3-1)35-36-30-11-6-12-32-34(30)37(35)31-20-19-29(22-33(31)38-32)25-15-13-24(14-16-25)28-18-17-23-7-4-5-10-27(23)21-28/h1-22H. The van der Waals surface area contributed by atoms with Crippen molar-refractivity contribution in [2.75, 3.05) is 0 Å². The van der Waals surface area contributed by atoms with Crippen LogP contribution in [0.4, 0.5) is 0 Å². The highest BCUT2D eigenvalue weighted by molar-refractivity contribution is 5.91. The second-order valence-electron chi connectivity index (χ2n) is 9.68. The molecule has 0 atom stereocenters. The normalized spacial score (nSPS) is 11.9. The van der Waals surface area contributed by atoms with Gasteiger partial charge in [0.25, 0.3) is 0 Å². The largest absolute Gasteiger partial charge is 0.453 e. The average molecular weight is 487 g/mol. The summed E-state index contributed by atoms with van der Waals surface area (Å²) in [7, 11) is 0. The van der Waals surface area contributed by atoms with Crippen LogP contribution in [0, 0.1) is 0 Å². The zero-order chi connectivity index (χ0) is 25.1. The molecule has 3 nitrogen and oxygen atoms in total. The number of aromatic nitrogens is 2. The molecule has 0 fully saturated rings. The molecule has 0 N–H and O–H groups in total. The third-order valence-corrected chi connectivity index (χ3v) is 7.39. The van der Waals surface area contributed by atoms with E-state index in [9.17, 15) is 0 Å². The van der Waals surface area contributed by atoms with Crippen molar-refractivity contribution in [1.29, 1.82) is 0 Å². The van der Waals surface area contributed by atoms with E-state index < -0.39 is 0 Å². The minimum atomic E-state index is 0.827. The zero-order valence-corrected chi connectivity index (χ0v) is 20.5. The predicted molar refractivity (Wildman–Crippen MR) is 155 cm³/mol. The summed E-state index contributed by atoms with van der Waals surface area (Å²) < 4.78 is 8.66. The minimum absolute atomic E-state index is 0.827.